The molecule has 0 saturated heterocycles. The summed E-state index contributed by atoms with van der Waals surface area (Å²) in [5, 5.41) is 7.61. The molecule has 2 aromatic heterocycles. The summed E-state index contributed by atoms with van der Waals surface area (Å²) in [6.07, 6.45) is 0.835. The van der Waals surface area contributed by atoms with Crippen molar-refractivity contribution >= 4 is 18.0 Å². The van der Waals surface area contributed by atoms with Gasteiger partial charge >= 0.3 is 6.18 Å². The lowest BCUT2D eigenvalue weighted by molar-refractivity contribution is -0.138. The Balaban J connectivity index is 1.67. The molecule has 0 aliphatic rings. The maximum absolute atomic E-state index is 14.7. The monoisotopic (exact) mass is 536 g/mol. The number of aromatic amines is 1. The summed E-state index contributed by atoms with van der Waals surface area (Å²) < 4.78 is 68.9. The Labute approximate surface area is 214 Å². The highest BCUT2D eigenvalue weighted by molar-refractivity contribution is 5.84. The van der Waals surface area contributed by atoms with Gasteiger partial charge in [0.05, 0.1) is 17.4 Å². The lowest BCUT2D eigenvalue weighted by Crippen LogP contribution is -2.30. The number of rotatable bonds is 10. The number of carbonyl (C=O) groups is 1. The second-order valence-electron chi connectivity index (χ2n) is 8.78. The SMILES string of the molecule is Cc1cnc(-c2cc(/C=C\N(C)CC(F)CC(C)Nc3cn[nH]c(=O)c3C(F)(F)F)c(C=O)cc2F)nc1. The van der Waals surface area contributed by atoms with E-state index in [2.05, 4.69) is 20.4 Å². The van der Waals surface area contributed by atoms with Gasteiger partial charge in [-0.3, -0.25) is 9.59 Å². The van der Waals surface area contributed by atoms with E-state index in [0.717, 1.165) is 17.8 Å². The van der Waals surface area contributed by atoms with Crippen molar-refractivity contribution in [2.75, 3.05) is 18.9 Å². The Kier molecular flexibility index (Phi) is 8.92. The summed E-state index contributed by atoms with van der Waals surface area (Å²) in [6, 6.07) is 1.72. The van der Waals surface area contributed by atoms with Crippen molar-refractivity contribution in [1.29, 1.82) is 0 Å². The number of halogens is 5. The van der Waals surface area contributed by atoms with E-state index in [9.17, 15) is 31.5 Å². The van der Waals surface area contributed by atoms with Crippen LogP contribution in [0.3, 0.4) is 0 Å². The average Bonchev–Trinajstić information content (AvgIpc) is 2.82. The van der Waals surface area contributed by atoms with E-state index in [1.54, 1.807) is 19.1 Å². The molecule has 1 aromatic carbocycles. The van der Waals surface area contributed by atoms with Gasteiger partial charge in [-0.15, -0.1) is 0 Å². The van der Waals surface area contributed by atoms with Gasteiger partial charge < -0.3 is 10.2 Å². The first-order chi connectivity index (χ1) is 17.9. The first-order valence-electron chi connectivity index (χ1n) is 11.4. The fourth-order valence-corrected chi connectivity index (χ4v) is 3.71. The van der Waals surface area contributed by atoms with Crippen LogP contribution in [0.5, 0.6) is 0 Å². The molecular formula is C25H25F5N6O2. The zero-order valence-electron chi connectivity index (χ0n) is 20.7. The quantitative estimate of drug-likeness (QED) is 0.288. The summed E-state index contributed by atoms with van der Waals surface area (Å²) in [4.78, 5) is 32.7. The summed E-state index contributed by atoms with van der Waals surface area (Å²) in [5.41, 5.74) is -2.06. The van der Waals surface area contributed by atoms with Crippen LogP contribution < -0.4 is 10.9 Å². The average molecular weight is 537 g/mol. The van der Waals surface area contributed by atoms with Crippen molar-refractivity contribution in [2.24, 2.45) is 0 Å². The number of hydrogen-bond donors (Lipinski definition) is 2. The molecule has 2 N–H and O–H groups in total. The van der Waals surface area contributed by atoms with Crippen molar-refractivity contribution in [2.45, 2.75) is 38.7 Å². The summed E-state index contributed by atoms with van der Waals surface area (Å²) in [7, 11) is 1.57. The number of aromatic nitrogens is 4. The van der Waals surface area contributed by atoms with Crippen LogP contribution in [-0.4, -0.2) is 57.2 Å². The lowest BCUT2D eigenvalue weighted by Gasteiger charge is -2.22. The second-order valence-corrected chi connectivity index (χ2v) is 8.78. The van der Waals surface area contributed by atoms with E-state index in [1.807, 2.05) is 0 Å². The highest BCUT2D eigenvalue weighted by atomic mass is 19.4. The molecule has 0 aliphatic carbocycles. The minimum atomic E-state index is -4.91. The molecule has 8 nitrogen and oxygen atoms in total. The topological polar surface area (TPSA) is 104 Å². The minimum absolute atomic E-state index is 0.0737. The van der Waals surface area contributed by atoms with Crippen LogP contribution >= 0.6 is 0 Å². The highest BCUT2D eigenvalue weighted by Gasteiger charge is 2.37. The van der Waals surface area contributed by atoms with Gasteiger partial charge in [0, 0.05) is 44.0 Å². The maximum atomic E-state index is 14.7. The summed E-state index contributed by atoms with van der Waals surface area (Å²) >= 11 is 0. The van der Waals surface area contributed by atoms with E-state index < -0.39 is 41.0 Å². The van der Waals surface area contributed by atoms with Crippen LogP contribution in [0.2, 0.25) is 0 Å². The van der Waals surface area contributed by atoms with Crippen molar-refractivity contribution in [3.05, 3.63) is 75.3 Å². The third kappa shape index (κ3) is 7.20. The molecule has 0 bridgehead atoms. The van der Waals surface area contributed by atoms with Gasteiger partial charge in [0.2, 0.25) is 0 Å². The first kappa shape index (κ1) is 28.4. The van der Waals surface area contributed by atoms with E-state index in [4.69, 9.17) is 0 Å². The molecule has 38 heavy (non-hydrogen) atoms. The van der Waals surface area contributed by atoms with Gasteiger partial charge in [0.1, 0.15) is 17.6 Å². The smallest absolute Gasteiger partial charge is 0.381 e. The van der Waals surface area contributed by atoms with Crippen molar-refractivity contribution in [1.82, 2.24) is 25.1 Å². The van der Waals surface area contributed by atoms with Crippen molar-refractivity contribution < 1.29 is 26.7 Å². The Hall–Kier alpha value is -4.16. The number of anilines is 1. The molecule has 2 atom stereocenters. The number of hydrogen-bond acceptors (Lipinski definition) is 7. The lowest BCUT2D eigenvalue weighted by atomic mass is 10.0. The summed E-state index contributed by atoms with van der Waals surface area (Å²) in [6.45, 7) is 3.13. The molecule has 3 rings (SSSR count). The molecule has 0 aliphatic heterocycles. The third-order valence-electron chi connectivity index (χ3n) is 5.47. The van der Waals surface area contributed by atoms with Crippen LogP contribution in [-0.2, 0) is 6.18 Å². The molecule has 0 fully saturated rings. The number of nitrogens with zero attached hydrogens (tertiary/aromatic N) is 4. The van der Waals surface area contributed by atoms with Gasteiger partial charge in [-0.1, -0.05) is 0 Å². The molecular weight excluding hydrogens is 511 g/mol. The molecule has 2 heterocycles. The van der Waals surface area contributed by atoms with E-state index in [1.165, 1.54) is 42.6 Å². The van der Waals surface area contributed by atoms with E-state index in [0.29, 0.717) is 11.8 Å². The number of benzene rings is 1. The number of aldehydes is 1. The normalized spacial score (nSPS) is 13.4. The molecule has 0 amide bonds. The second kappa shape index (κ2) is 11.9. The van der Waals surface area contributed by atoms with Crippen LogP contribution in [0, 0.1) is 12.7 Å². The molecule has 2 unspecified atom stereocenters. The third-order valence-corrected chi connectivity index (χ3v) is 5.47. The van der Waals surface area contributed by atoms with Crippen LogP contribution in [0.15, 0.2) is 41.7 Å². The highest BCUT2D eigenvalue weighted by Crippen LogP contribution is 2.32. The molecule has 0 saturated carbocycles. The van der Waals surface area contributed by atoms with Crippen LogP contribution in [0.25, 0.3) is 17.5 Å². The Morgan fingerprint density at radius 1 is 1.16 bits per heavy atom. The van der Waals surface area contributed by atoms with Crippen LogP contribution in [0.4, 0.5) is 27.6 Å². The number of H-pyrrole nitrogens is 1. The molecule has 0 radical (unpaired) electrons. The predicted molar refractivity (Wildman–Crippen MR) is 132 cm³/mol. The largest absolute Gasteiger partial charge is 0.423 e. The Morgan fingerprint density at radius 3 is 2.47 bits per heavy atom. The van der Waals surface area contributed by atoms with Crippen LogP contribution in [0.1, 0.15) is 40.4 Å². The van der Waals surface area contributed by atoms with Crippen molar-refractivity contribution in [3.8, 4) is 11.4 Å². The maximum Gasteiger partial charge on any atom is 0.423 e. The first-order valence-corrected chi connectivity index (χ1v) is 11.4. The van der Waals surface area contributed by atoms with Gasteiger partial charge in [-0.2, -0.15) is 18.3 Å². The van der Waals surface area contributed by atoms with Gasteiger partial charge in [0.15, 0.2) is 12.1 Å². The summed E-state index contributed by atoms with van der Waals surface area (Å²) in [5.74, 6) is -0.529. The predicted octanol–water partition coefficient (Wildman–Crippen LogP) is 4.64. The Bertz CT molecular complexity index is 1360. The standard InChI is InChI=1S/C25H25F5N6O2/c1-14-9-31-23(32-10-14)19-7-16(17(13-37)8-20(19)27)4-5-36(3)12-18(26)6-15(2)34-21-11-33-35-24(38)22(21)25(28,29)30/h4-5,7-11,13,15,18H,6,12H2,1-3H3,(H2,34,35,38)/b5-4-. The van der Waals surface area contributed by atoms with Crippen molar-refractivity contribution in [3.63, 3.8) is 0 Å². The number of nitrogens with one attached hydrogen (secondary N) is 2. The van der Waals surface area contributed by atoms with E-state index >= 15 is 0 Å². The molecule has 13 heteroatoms. The van der Waals surface area contributed by atoms with Gasteiger partial charge in [-0.05, 0) is 49.4 Å². The minimum Gasteiger partial charge on any atom is -0.381 e. The van der Waals surface area contributed by atoms with Gasteiger partial charge in [-0.25, -0.2) is 23.8 Å². The fraction of sp³-hybridized carbons (Fsp3) is 0.320. The zero-order valence-corrected chi connectivity index (χ0v) is 20.7. The zero-order chi connectivity index (χ0) is 28.0. The fourth-order valence-electron chi connectivity index (χ4n) is 3.71. The number of alkyl halides is 4. The van der Waals surface area contributed by atoms with E-state index in [-0.39, 0.29) is 29.9 Å². The van der Waals surface area contributed by atoms with Gasteiger partial charge in [0.25, 0.3) is 5.56 Å². The number of carbonyl (C=O) groups excluding carboxylic acids is 1. The molecule has 0 spiro atoms. The molecule has 3 aromatic rings. The Morgan fingerprint density at radius 2 is 1.84 bits per heavy atom. The molecule has 202 valence electrons. The number of aryl methyl sites for hydroxylation is 1.